The summed E-state index contributed by atoms with van der Waals surface area (Å²) < 4.78 is 5.31. The van der Waals surface area contributed by atoms with Gasteiger partial charge in [0.25, 0.3) is 11.8 Å². The van der Waals surface area contributed by atoms with Crippen LogP contribution in [0.3, 0.4) is 0 Å². The molecule has 2 atom stereocenters. The maximum absolute atomic E-state index is 12.8. The topological polar surface area (TPSA) is 133 Å². The highest BCUT2D eigenvalue weighted by molar-refractivity contribution is 5.86. The van der Waals surface area contributed by atoms with Crippen molar-refractivity contribution >= 4 is 17.8 Å². The lowest BCUT2D eigenvalue weighted by Crippen LogP contribution is -2.53. The highest BCUT2D eigenvalue weighted by Gasteiger charge is 2.36. The second kappa shape index (κ2) is 8.99. The van der Waals surface area contributed by atoms with Gasteiger partial charge >= 0.3 is 5.97 Å². The standard InChI is InChI=1S/C19H25N5O5/c1-12(2)11-14(15(25)18(27)28)17(26)23-7-9-24(10-8-23)19-21-16(29-22-19)13-3-5-20-6-4-13/h3-6,12,14-15,25H,7-11H2,1-2H3,(H,27,28)/t14-,15+/m0/s1. The molecule has 1 fully saturated rings. The summed E-state index contributed by atoms with van der Waals surface area (Å²) in [5.74, 6) is -1.75. The number of hydrogen-bond donors (Lipinski definition) is 2. The van der Waals surface area contributed by atoms with Crippen LogP contribution in [-0.2, 0) is 9.59 Å². The van der Waals surface area contributed by atoms with E-state index in [9.17, 15) is 14.7 Å². The summed E-state index contributed by atoms with van der Waals surface area (Å²) in [6.45, 7) is 5.53. The second-order valence-corrected chi connectivity index (χ2v) is 7.47. The predicted molar refractivity (Wildman–Crippen MR) is 103 cm³/mol. The lowest BCUT2D eigenvalue weighted by Gasteiger charge is -2.36. The Bertz CT molecular complexity index is 833. The number of piperazine rings is 1. The van der Waals surface area contributed by atoms with Gasteiger partial charge in [0.2, 0.25) is 5.91 Å². The SMILES string of the molecule is CC(C)C[C@H](C(=O)N1CCN(c2noc(-c3ccncc3)n2)CC1)[C@@H](O)C(=O)O. The Morgan fingerprint density at radius 3 is 2.41 bits per heavy atom. The van der Waals surface area contributed by atoms with Crippen LogP contribution in [-0.4, -0.2) is 74.4 Å². The minimum Gasteiger partial charge on any atom is -0.479 e. The molecule has 29 heavy (non-hydrogen) atoms. The number of carbonyl (C=O) groups excluding carboxylic acids is 1. The van der Waals surface area contributed by atoms with E-state index >= 15 is 0 Å². The van der Waals surface area contributed by atoms with Crippen LogP contribution in [0.2, 0.25) is 0 Å². The fourth-order valence-electron chi connectivity index (χ4n) is 3.36. The monoisotopic (exact) mass is 403 g/mol. The normalized spacial score (nSPS) is 16.7. The Hall–Kier alpha value is -3.01. The molecule has 2 N–H and O–H groups in total. The van der Waals surface area contributed by atoms with Crippen molar-refractivity contribution in [2.45, 2.75) is 26.4 Å². The van der Waals surface area contributed by atoms with E-state index in [4.69, 9.17) is 9.63 Å². The third-order valence-electron chi connectivity index (χ3n) is 4.89. The molecule has 0 saturated carbocycles. The van der Waals surface area contributed by atoms with Crippen molar-refractivity contribution in [3.63, 3.8) is 0 Å². The number of carboxylic acid groups (broad SMARTS) is 1. The number of nitrogens with zero attached hydrogens (tertiary/aromatic N) is 5. The van der Waals surface area contributed by atoms with Crippen LogP contribution in [0.5, 0.6) is 0 Å². The molecule has 0 aliphatic carbocycles. The van der Waals surface area contributed by atoms with Crippen LogP contribution in [0.25, 0.3) is 11.5 Å². The number of carbonyl (C=O) groups is 2. The van der Waals surface area contributed by atoms with Crippen molar-refractivity contribution in [3.8, 4) is 11.5 Å². The first-order chi connectivity index (χ1) is 13.9. The van der Waals surface area contributed by atoms with Gasteiger partial charge in [-0.05, 0) is 29.6 Å². The smallest absolute Gasteiger partial charge is 0.333 e. The summed E-state index contributed by atoms with van der Waals surface area (Å²) in [7, 11) is 0. The molecule has 10 nitrogen and oxygen atoms in total. The Labute approximate surface area is 168 Å². The molecule has 10 heteroatoms. The van der Waals surface area contributed by atoms with Crippen LogP contribution in [0.4, 0.5) is 5.95 Å². The van der Waals surface area contributed by atoms with E-state index in [1.54, 1.807) is 29.4 Å². The summed E-state index contributed by atoms with van der Waals surface area (Å²) in [4.78, 5) is 35.9. The quantitative estimate of drug-likeness (QED) is 0.691. The minimum absolute atomic E-state index is 0.0881. The summed E-state index contributed by atoms with van der Waals surface area (Å²) in [6, 6.07) is 3.55. The lowest BCUT2D eigenvalue weighted by atomic mass is 9.90. The summed E-state index contributed by atoms with van der Waals surface area (Å²) in [6.07, 6.45) is 1.89. The number of aliphatic hydroxyl groups excluding tert-OH is 1. The van der Waals surface area contributed by atoms with Crippen molar-refractivity contribution in [2.24, 2.45) is 11.8 Å². The Morgan fingerprint density at radius 2 is 1.83 bits per heavy atom. The molecule has 3 heterocycles. The zero-order valence-electron chi connectivity index (χ0n) is 16.4. The minimum atomic E-state index is -1.71. The van der Waals surface area contributed by atoms with E-state index < -0.39 is 18.0 Å². The van der Waals surface area contributed by atoms with E-state index in [0.717, 1.165) is 5.56 Å². The number of aliphatic carboxylic acids is 1. The molecular weight excluding hydrogens is 378 g/mol. The molecule has 0 bridgehead atoms. The molecule has 2 aromatic rings. The zero-order valence-corrected chi connectivity index (χ0v) is 16.4. The molecule has 0 aromatic carbocycles. The molecule has 1 aliphatic heterocycles. The van der Waals surface area contributed by atoms with Gasteiger partial charge in [0.15, 0.2) is 6.10 Å². The Morgan fingerprint density at radius 1 is 1.17 bits per heavy atom. The summed E-state index contributed by atoms with van der Waals surface area (Å²) in [5.41, 5.74) is 0.770. The first kappa shape index (κ1) is 20.7. The number of amides is 1. The van der Waals surface area contributed by atoms with E-state index in [2.05, 4.69) is 15.1 Å². The number of rotatable bonds is 7. The predicted octanol–water partition coefficient (Wildman–Crippen LogP) is 0.888. The number of anilines is 1. The number of aliphatic hydroxyl groups is 1. The van der Waals surface area contributed by atoms with Crippen LogP contribution in [0.1, 0.15) is 20.3 Å². The van der Waals surface area contributed by atoms with Crippen molar-refractivity contribution < 1.29 is 24.3 Å². The molecule has 3 rings (SSSR count). The van der Waals surface area contributed by atoms with Gasteiger partial charge in [-0.25, -0.2) is 4.79 Å². The largest absolute Gasteiger partial charge is 0.479 e. The first-order valence-corrected chi connectivity index (χ1v) is 9.55. The highest BCUT2D eigenvalue weighted by atomic mass is 16.5. The van der Waals surface area contributed by atoms with Crippen molar-refractivity contribution in [3.05, 3.63) is 24.5 Å². The molecule has 1 aliphatic rings. The molecule has 1 amide bonds. The number of pyridine rings is 1. The molecule has 0 radical (unpaired) electrons. The van der Waals surface area contributed by atoms with Crippen LogP contribution in [0, 0.1) is 11.8 Å². The third-order valence-corrected chi connectivity index (χ3v) is 4.89. The van der Waals surface area contributed by atoms with Gasteiger partial charge in [0.05, 0.1) is 5.92 Å². The van der Waals surface area contributed by atoms with E-state index in [0.29, 0.717) is 44.4 Å². The molecule has 1 saturated heterocycles. The van der Waals surface area contributed by atoms with Crippen LogP contribution >= 0.6 is 0 Å². The summed E-state index contributed by atoms with van der Waals surface area (Å²) >= 11 is 0. The van der Waals surface area contributed by atoms with Crippen LogP contribution < -0.4 is 4.90 Å². The maximum Gasteiger partial charge on any atom is 0.333 e. The average Bonchev–Trinajstić information content (AvgIpc) is 3.22. The Kier molecular flexibility index (Phi) is 6.42. The molecular formula is C19H25N5O5. The van der Waals surface area contributed by atoms with Gasteiger partial charge in [0, 0.05) is 44.1 Å². The summed E-state index contributed by atoms with van der Waals surface area (Å²) in [5, 5.41) is 23.1. The number of hydrogen-bond acceptors (Lipinski definition) is 8. The fraction of sp³-hybridized carbons (Fsp3) is 0.526. The maximum atomic E-state index is 12.8. The average molecular weight is 403 g/mol. The number of carboxylic acids is 1. The van der Waals surface area contributed by atoms with Crippen molar-refractivity contribution in [1.82, 2.24) is 20.0 Å². The lowest BCUT2D eigenvalue weighted by molar-refractivity contribution is -0.157. The van der Waals surface area contributed by atoms with E-state index in [1.165, 1.54) is 0 Å². The van der Waals surface area contributed by atoms with Gasteiger partial charge in [0.1, 0.15) is 0 Å². The third kappa shape index (κ3) is 4.89. The van der Waals surface area contributed by atoms with Gasteiger partial charge in [-0.1, -0.05) is 13.8 Å². The van der Waals surface area contributed by atoms with E-state index in [1.807, 2.05) is 18.7 Å². The number of aromatic nitrogens is 3. The van der Waals surface area contributed by atoms with Gasteiger partial charge in [-0.3, -0.25) is 9.78 Å². The molecule has 2 aromatic heterocycles. The first-order valence-electron chi connectivity index (χ1n) is 9.55. The zero-order chi connectivity index (χ0) is 21.0. The van der Waals surface area contributed by atoms with Crippen molar-refractivity contribution in [1.29, 1.82) is 0 Å². The molecule has 156 valence electrons. The second-order valence-electron chi connectivity index (χ2n) is 7.47. The van der Waals surface area contributed by atoms with Gasteiger partial charge in [-0.2, -0.15) is 4.98 Å². The highest BCUT2D eigenvalue weighted by Crippen LogP contribution is 2.23. The van der Waals surface area contributed by atoms with Crippen molar-refractivity contribution in [2.75, 3.05) is 31.1 Å². The molecule has 0 unspecified atom stereocenters. The Balaban J connectivity index is 1.63. The van der Waals surface area contributed by atoms with Gasteiger partial charge in [-0.15, -0.1) is 0 Å². The van der Waals surface area contributed by atoms with Gasteiger partial charge < -0.3 is 24.5 Å². The molecule has 0 spiro atoms. The van der Waals surface area contributed by atoms with Crippen LogP contribution in [0.15, 0.2) is 29.0 Å². The van der Waals surface area contributed by atoms with E-state index in [-0.39, 0.29) is 11.8 Å². The fourth-order valence-corrected chi connectivity index (χ4v) is 3.36.